The van der Waals surface area contributed by atoms with Gasteiger partial charge in [0.15, 0.2) is 0 Å². The lowest BCUT2D eigenvalue weighted by molar-refractivity contribution is -0.117. The summed E-state index contributed by atoms with van der Waals surface area (Å²) in [6.07, 6.45) is 3.96. The maximum atomic E-state index is 13.7. The normalized spacial score (nSPS) is 14.3. The van der Waals surface area contributed by atoms with Gasteiger partial charge in [0.1, 0.15) is 17.4 Å². The van der Waals surface area contributed by atoms with Crippen molar-refractivity contribution in [2.75, 3.05) is 6.61 Å². The molecule has 0 saturated heterocycles. The van der Waals surface area contributed by atoms with Crippen LogP contribution in [-0.2, 0) is 11.2 Å². The first kappa shape index (κ1) is 16.2. The molecule has 1 atom stereocenters. The second-order valence-electron chi connectivity index (χ2n) is 5.70. The summed E-state index contributed by atoms with van der Waals surface area (Å²) in [5, 5.41) is 2.67. The SMILES string of the molecule is CC(NC(=O)C=Cc1ccc2c(c1)CCO2)c1ccc(F)cc1F. The summed E-state index contributed by atoms with van der Waals surface area (Å²) in [6.45, 7) is 2.33. The molecule has 1 N–H and O–H groups in total. The third-order valence-electron chi connectivity index (χ3n) is 3.93. The molecule has 0 spiro atoms. The zero-order valence-electron chi connectivity index (χ0n) is 13.2. The molecule has 0 aliphatic carbocycles. The van der Waals surface area contributed by atoms with Crippen molar-refractivity contribution in [2.24, 2.45) is 0 Å². The second kappa shape index (κ2) is 6.83. The molecule has 1 heterocycles. The van der Waals surface area contributed by atoms with Crippen molar-refractivity contribution in [3.63, 3.8) is 0 Å². The standard InChI is InChI=1S/C19H17F2NO2/c1-12(16-5-4-15(20)11-17(16)21)22-19(23)7-3-13-2-6-18-14(10-13)8-9-24-18/h2-7,10-12H,8-9H2,1H3,(H,22,23). The Balaban J connectivity index is 1.64. The van der Waals surface area contributed by atoms with Gasteiger partial charge < -0.3 is 10.1 Å². The molecule has 1 aliphatic rings. The summed E-state index contributed by atoms with van der Waals surface area (Å²) >= 11 is 0. The Morgan fingerprint density at radius 1 is 1.25 bits per heavy atom. The summed E-state index contributed by atoms with van der Waals surface area (Å²) < 4.78 is 32.1. The lowest BCUT2D eigenvalue weighted by Gasteiger charge is -2.13. The van der Waals surface area contributed by atoms with Crippen LogP contribution in [0.15, 0.2) is 42.5 Å². The average molecular weight is 329 g/mol. The van der Waals surface area contributed by atoms with Crippen molar-refractivity contribution in [2.45, 2.75) is 19.4 Å². The van der Waals surface area contributed by atoms with Gasteiger partial charge in [-0.05, 0) is 42.3 Å². The Labute approximate surface area is 139 Å². The minimum absolute atomic E-state index is 0.243. The average Bonchev–Trinajstić information content (AvgIpc) is 3.00. The fraction of sp³-hybridized carbons (Fsp3) is 0.211. The number of carbonyl (C=O) groups excluding carboxylic acids is 1. The molecule has 5 heteroatoms. The molecule has 1 amide bonds. The molecule has 0 saturated carbocycles. The van der Waals surface area contributed by atoms with Crippen molar-refractivity contribution >= 4 is 12.0 Å². The highest BCUT2D eigenvalue weighted by Crippen LogP contribution is 2.26. The molecule has 1 unspecified atom stereocenters. The highest BCUT2D eigenvalue weighted by atomic mass is 19.1. The molecule has 24 heavy (non-hydrogen) atoms. The maximum Gasteiger partial charge on any atom is 0.244 e. The third-order valence-corrected chi connectivity index (χ3v) is 3.93. The quantitative estimate of drug-likeness (QED) is 0.867. The minimum atomic E-state index is -0.676. The topological polar surface area (TPSA) is 38.3 Å². The molecule has 1 aliphatic heterocycles. The number of benzene rings is 2. The number of amides is 1. The lowest BCUT2D eigenvalue weighted by atomic mass is 10.1. The van der Waals surface area contributed by atoms with Crippen LogP contribution in [0.3, 0.4) is 0 Å². The fourth-order valence-electron chi connectivity index (χ4n) is 2.67. The molecule has 0 radical (unpaired) electrons. The van der Waals surface area contributed by atoms with Gasteiger partial charge in [0, 0.05) is 24.1 Å². The number of rotatable bonds is 4. The molecular weight excluding hydrogens is 312 g/mol. The molecule has 124 valence electrons. The summed E-state index contributed by atoms with van der Waals surface area (Å²) in [6, 6.07) is 8.49. The van der Waals surface area contributed by atoms with Crippen LogP contribution in [0.25, 0.3) is 6.08 Å². The Morgan fingerprint density at radius 2 is 2.08 bits per heavy atom. The molecule has 0 bridgehead atoms. The van der Waals surface area contributed by atoms with E-state index in [4.69, 9.17) is 4.74 Å². The van der Waals surface area contributed by atoms with Crippen molar-refractivity contribution < 1.29 is 18.3 Å². The van der Waals surface area contributed by atoms with Gasteiger partial charge in [-0.1, -0.05) is 12.1 Å². The van der Waals surface area contributed by atoms with E-state index in [0.29, 0.717) is 6.61 Å². The molecule has 2 aromatic rings. The highest BCUT2D eigenvalue weighted by Gasteiger charge is 2.14. The van der Waals surface area contributed by atoms with Crippen LogP contribution in [0.5, 0.6) is 5.75 Å². The largest absolute Gasteiger partial charge is 0.493 e. The van der Waals surface area contributed by atoms with Gasteiger partial charge in [-0.15, -0.1) is 0 Å². The smallest absolute Gasteiger partial charge is 0.244 e. The van der Waals surface area contributed by atoms with Crippen LogP contribution in [0, 0.1) is 11.6 Å². The first-order valence-corrected chi connectivity index (χ1v) is 7.72. The van der Waals surface area contributed by atoms with E-state index < -0.39 is 17.7 Å². The number of hydrogen-bond donors (Lipinski definition) is 1. The number of carbonyl (C=O) groups is 1. The van der Waals surface area contributed by atoms with Crippen molar-refractivity contribution in [3.8, 4) is 5.75 Å². The van der Waals surface area contributed by atoms with Crippen LogP contribution < -0.4 is 10.1 Å². The van der Waals surface area contributed by atoms with E-state index in [9.17, 15) is 13.6 Å². The summed E-state index contributed by atoms with van der Waals surface area (Å²) in [5.41, 5.74) is 2.27. The second-order valence-corrected chi connectivity index (χ2v) is 5.70. The molecule has 0 fully saturated rings. The van der Waals surface area contributed by atoms with Gasteiger partial charge in [0.2, 0.25) is 5.91 Å². The van der Waals surface area contributed by atoms with Crippen LogP contribution >= 0.6 is 0 Å². The van der Waals surface area contributed by atoms with E-state index in [1.54, 1.807) is 13.0 Å². The predicted octanol–water partition coefficient (Wildman–Crippen LogP) is 3.79. The van der Waals surface area contributed by atoms with Gasteiger partial charge in [0.05, 0.1) is 12.6 Å². The first-order valence-electron chi connectivity index (χ1n) is 7.72. The Morgan fingerprint density at radius 3 is 2.88 bits per heavy atom. The van der Waals surface area contributed by atoms with Crippen LogP contribution in [0.1, 0.15) is 29.7 Å². The molecule has 2 aromatic carbocycles. The van der Waals surface area contributed by atoms with Crippen LogP contribution in [-0.4, -0.2) is 12.5 Å². The number of halogens is 2. The lowest BCUT2D eigenvalue weighted by Crippen LogP contribution is -2.25. The highest BCUT2D eigenvalue weighted by molar-refractivity contribution is 5.92. The van der Waals surface area contributed by atoms with Crippen molar-refractivity contribution in [1.82, 2.24) is 5.32 Å². The zero-order valence-corrected chi connectivity index (χ0v) is 13.2. The molecular formula is C19H17F2NO2. The van der Waals surface area contributed by atoms with E-state index in [0.717, 1.165) is 29.4 Å². The van der Waals surface area contributed by atoms with Gasteiger partial charge in [-0.2, -0.15) is 0 Å². The van der Waals surface area contributed by atoms with E-state index in [1.165, 1.54) is 18.2 Å². The van der Waals surface area contributed by atoms with E-state index >= 15 is 0 Å². The summed E-state index contributed by atoms with van der Waals surface area (Å²) in [7, 11) is 0. The Hall–Kier alpha value is -2.69. The van der Waals surface area contributed by atoms with Gasteiger partial charge in [0.25, 0.3) is 0 Å². The fourth-order valence-corrected chi connectivity index (χ4v) is 2.67. The minimum Gasteiger partial charge on any atom is -0.493 e. The third kappa shape index (κ3) is 3.62. The molecule has 3 nitrogen and oxygen atoms in total. The molecule has 3 rings (SSSR count). The summed E-state index contributed by atoms with van der Waals surface area (Å²) in [5.74, 6) is -0.777. The predicted molar refractivity (Wildman–Crippen MR) is 87.6 cm³/mol. The summed E-state index contributed by atoms with van der Waals surface area (Å²) in [4.78, 5) is 12.0. The zero-order chi connectivity index (χ0) is 17.1. The Bertz CT molecular complexity index is 802. The van der Waals surface area contributed by atoms with Gasteiger partial charge in [-0.25, -0.2) is 8.78 Å². The van der Waals surface area contributed by atoms with Crippen molar-refractivity contribution in [1.29, 1.82) is 0 Å². The van der Waals surface area contributed by atoms with Gasteiger partial charge >= 0.3 is 0 Å². The van der Waals surface area contributed by atoms with E-state index in [1.807, 2.05) is 18.2 Å². The maximum absolute atomic E-state index is 13.7. The van der Waals surface area contributed by atoms with Crippen LogP contribution in [0.4, 0.5) is 8.78 Å². The van der Waals surface area contributed by atoms with Crippen molar-refractivity contribution in [3.05, 3.63) is 70.8 Å². The van der Waals surface area contributed by atoms with Gasteiger partial charge in [-0.3, -0.25) is 4.79 Å². The van der Waals surface area contributed by atoms with E-state index in [-0.39, 0.29) is 11.5 Å². The first-order chi connectivity index (χ1) is 11.5. The number of fused-ring (bicyclic) bond motifs is 1. The number of nitrogens with one attached hydrogen (secondary N) is 1. The van der Waals surface area contributed by atoms with Crippen LogP contribution in [0.2, 0.25) is 0 Å². The monoisotopic (exact) mass is 329 g/mol. The number of hydrogen-bond acceptors (Lipinski definition) is 2. The Kier molecular flexibility index (Phi) is 4.60. The number of ether oxygens (including phenoxy) is 1. The molecule has 0 aromatic heterocycles. The van der Waals surface area contributed by atoms with E-state index in [2.05, 4.69) is 5.32 Å².